The van der Waals surface area contributed by atoms with Gasteiger partial charge in [-0.1, -0.05) is 0 Å². The van der Waals surface area contributed by atoms with E-state index in [0.717, 1.165) is 0 Å². The second-order valence-corrected chi connectivity index (χ2v) is 5.03. The van der Waals surface area contributed by atoms with Gasteiger partial charge in [0, 0.05) is 24.1 Å². The van der Waals surface area contributed by atoms with Crippen molar-refractivity contribution < 1.29 is 29.6 Å². The van der Waals surface area contributed by atoms with Gasteiger partial charge < -0.3 is 24.8 Å². The molecule has 1 aliphatic rings. The lowest BCUT2D eigenvalue weighted by Gasteiger charge is -2.26. The number of aromatic hydroxyl groups is 3. The molecule has 0 aliphatic carbocycles. The van der Waals surface area contributed by atoms with E-state index in [2.05, 4.69) is 0 Å². The molecule has 0 fully saturated rings. The fourth-order valence-electron chi connectivity index (χ4n) is 2.31. The molecule has 2 aromatic carbocycles. The summed E-state index contributed by atoms with van der Waals surface area (Å²) in [6.07, 6.45) is -0.241. The SMILES string of the molecule is O=C(OC1COc2cc(O)cc(O)c2C1)c1ccc(O)cc1. The number of carbonyl (C=O) groups excluding carboxylic acids is 1. The third-order valence-electron chi connectivity index (χ3n) is 3.40. The van der Waals surface area contributed by atoms with Crippen LogP contribution in [-0.4, -0.2) is 34.0 Å². The molecule has 6 nitrogen and oxygen atoms in total. The van der Waals surface area contributed by atoms with Crippen molar-refractivity contribution in [3.8, 4) is 23.0 Å². The molecule has 0 saturated heterocycles. The minimum atomic E-state index is -0.538. The normalized spacial score (nSPS) is 16.5. The van der Waals surface area contributed by atoms with Crippen LogP contribution in [-0.2, 0) is 11.2 Å². The monoisotopic (exact) mass is 302 g/mol. The van der Waals surface area contributed by atoms with Crippen molar-refractivity contribution in [3.63, 3.8) is 0 Å². The molecule has 0 radical (unpaired) electrons. The molecule has 1 unspecified atom stereocenters. The number of ether oxygens (including phenoxy) is 2. The Hall–Kier alpha value is -2.89. The fourth-order valence-corrected chi connectivity index (χ4v) is 2.31. The Labute approximate surface area is 126 Å². The van der Waals surface area contributed by atoms with Gasteiger partial charge in [-0.05, 0) is 24.3 Å². The smallest absolute Gasteiger partial charge is 0.338 e. The van der Waals surface area contributed by atoms with Crippen molar-refractivity contribution in [3.05, 3.63) is 47.5 Å². The highest BCUT2D eigenvalue weighted by Gasteiger charge is 2.26. The summed E-state index contributed by atoms with van der Waals surface area (Å²) in [4.78, 5) is 12.0. The first-order valence-electron chi connectivity index (χ1n) is 6.70. The van der Waals surface area contributed by atoms with Gasteiger partial charge >= 0.3 is 5.97 Å². The first-order valence-corrected chi connectivity index (χ1v) is 6.70. The van der Waals surface area contributed by atoms with Gasteiger partial charge in [-0.2, -0.15) is 0 Å². The molecule has 0 bridgehead atoms. The van der Waals surface area contributed by atoms with E-state index in [-0.39, 0.29) is 23.9 Å². The van der Waals surface area contributed by atoms with Crippen LogP contribution >= 0.6 is 0 Å². The lowest BCUT2D eigenvalue weighted by atomic mass is 10.0. The Morgan fingerprint density at radius 2 is 1.82 bits per heavy atom. The molecule has 22 heavy (non-hydrogen) atoms. The predicted octanol–water partition coefficient (Wildman–Crippen LogP) is 1.96. The van der Waals surface area contributed by atoms with Gasteiger partial charge in [0.25, 0.3) is 0 Å². The minimum absolute atomic E-state index is 0.0659. The summed E-state index contributed by atoms with van der Waals surface area (Å²) in [7, 11) is 0. The summed E-state index contributed by atoms with van der Waals surface area (Å²) in [5, 5.41) is 28.4. The third-order valence-corrected chi connectivity index (χ3v) is 3.40. The number of hydrogen-bond acceptors (Lipinski definition) is 6. The van der Waals surface area contributed by atoms with E-state index >= 15 is 0 Å². The second-order valence-electron chi connectivity index (χ2n) is 5.03. The Bertz CT molecular complexity index is 707. The van der Waals surface area contributed by atoms with Crippen molar-refractivity contribution in [2.45, 2.75) is 12.5 Å². The zero-order valence-corrected chi connectivity index (χ0v) is 11.5. The molecule has 0 amide bonds. The highest BCUT2D eigenvalue weighted by molar-refractivity contribution is 5.89. The molecular weight excluding hydrogens is 288 g/mol. The van der Waals surface area contributed by atoms with Gasteiger partial charge in [0.1, 0.15) is 35.7 Å². The number of carbonyl (C=O) groups is 1. The molecule has 1 heterocycles. The Morgan fingerprint density at radius 1 is 1.09 bits per heavy atom. The van der Waals surface area contributed by atoms with Crippen molar-refractivity contribution >= 4 is 5.97 Å². The quantitative estimate of drug-likeness (QED) is 0.734. The van der Waals surface area contributed by atoms with Crippen molar-refractivity contribution in [2.75, 3.05) is 6.61 Å². The average molecular weight is 302 g/mol. The van der Waals surface area contributed by atoms with Crippen LogP contribution in [0.1, 0.15) is 15.9 Å². The largest absolute Gasteiger partial charge is 0.508 e. The van der Waals surface area contributed by atoms with Gasteiger partial charge in [0.05, 0.1) is 5.56 Å². The molecule has 0 spiro atoms. The van der Waals surface area contributed by atoms with E-state index in [4.69, 9.17) is 9.47 Å². The summed E-state index contributed by atoms with van der Waals surface area (Å²) in [6, 6.07) is 8.35. The fraction of sp³-hybridized carbons (Fsp3) is 0.188. The zero-order valence-electron chi connectivity index (χ0n) is 11.5. The van der Waals surface area contributed by atoms with Crippen LogP contribution in [0.15, 0.2) is 36.4 Å². The molecular formula is C16H14O6. The molecule has 3 rings (SSSR count). The second kappa shape index (κ2) is 5.48. The topological polar surface area (TPSA) is 96.2 Å². The van der Waals surface area contributed by atoms with Gasteiger partial charge in [-0.25, -0.2) is 4.79 Å². The highest BCUT2D eigenvalue weighted by atomic mass is 16.6. The molecule has 0 aromatic heterocycles. The van der Waals surface area contributed by atoms with Crippen LogP contribution in [0.3, 0.4) is 0 Å². The van der Waals surface area contributed by atoms with Crippen molar-refractivity contribution in [1.29, 1.82) is 0 Å². The Balaban J connectivity index is 1.72. The molecule has 1 aliphatic heterocycles. The van der Waals surface area contributed by atoms with Crippen LogP contribution < -0.4 is 4.74 Å². The van der Waals surface area contributed by atoms with Crippen LogP contribution in [0, 0.1) is 0 Å². The van der Waals surface area contributed by atoms with Crippen molar-refractivity contribution in [1.82, 2.24) is 0 Å². The van der Waals surface area contributed by atoms with Crippen molar-refractivity contribution in [2.24, 2.45) is 0 Å². The minimum Gasteiger partial charge on any atom is -0.508 e. The first kappa shape index (κ1) is 14.1. The van der Waals surface area contributed by atoms with E-state index < -0.39 is 12.1 Å². The highest BCUT2D eigenvalue weighted by Crippen LogP contribution is 2.36. The Morgan fingerprint density at radius 3 is 2.55 bits per heavy atom. The number of benzene rings is 2. The van der Waals surface area contributed by atoms with E-state index in [1.165, 1.54) is 36.4 Å². The van der Waals surface area contributed by atoms with Crippen LogP contribution in [0.5, 0.6) is 23.0 Å². The molecule has 3 N–H and O–H groups in total. The Kier molecular flexibility index (Phi) is 3.50. The van der Waals surface area contributed by atoms with E-state index in [1.807, 2.05) is 0 Å². The number of rotatable bonds is 2. The maximum absolute atomic E-state index is 12.0. The molecule has 0 saturated carbocycles. The summed E-state index contributed by atoms with van der Waals surface area (Å²) in [5.41, 5.74) is 0.811. The summed E-state index contributed by atoms with van der Waals surface area (Å²) < 4.78 is 10.8. The molecule has 1 atom stereocenters. The number of esters is 1. The van der Waals surface area contributed by atoms with Crippen LogP contribution in [0.2, 0.25) is 0 Å². The van der Waals surface area contributed by atoms with E-state index in [0.29, 0.717) is 23.3 Å². The number of fused-ring (bicyclic) bond motifs is 1. The molecule has 6 heteroatoms. The number of phenols is 3. The first-order chi connectivity index (χ1) is 10.5. The lowest BCUT2D eigenvalue weighted by Crippen LogP contribution is -2.31. The maximum Gasteiger partial charge on any atom is 0.338 e. The van der Waals surface area contributed by atoms with Gasteiger partial charge in [-0.15, -0.1) is 0 Å². The summed E-state index contributed by atoms with van der Waals surface area (Å²) in [6.45, 7) is 0.139. The average Bonchev–Trinajstić information content (AvgIpc) is 2.48. The lowest BCUT2D eigenvalue weighted by molar-refractivity contribution is 0.0128. The van der Waals surface area contributed by atoms with E-state index in [1.54, 1.807) is 0 Å². The van der Waals surface area contributed by atoms with Gasteiger partial charge in [0.15, 0.2) is 0 Å². The van der Waals surface area contributed by atoms with Gasteiger partial charge in [-0.3, -0.25) is 0 Å². The number of phenolic OH excluding ortho intramolecular Hbond substituents is 3. The summed E-state index contributed by atoms with van der Waals surface area (Å²) >= 11 is 0. The molecule has 2 aromatic rings. The predicted molar refractivity (Wildman–Crippen MR) is 76.3 cm³/mol. The van der Waals surface area contributed by atoms with Crippen LogP contribution in [0.25, 0.3) is 0 Å². The summed E-state index contributed by atoms with van der Waals surface area (Å²) in [5.74, 6) is -0.267. The zero-order chi connectivity index (χ0) is 15.7. The standard InChI is InChI=1S/C16H14O6/c17-10-3-1-9(2-4-10)16(20)22-12-7-13-14(19)5-11(18)6-15(13)21-8-12/h1-6,12,17-19H,7-8H2. The molecule has 114 valence electrons. The third kappa shape index (κ3) is 2.76. The number of hydrogen-bond donors (Lipinski definition) is 3. The van der Waals surface area contributed by atoms with Crippen LogP contribution in [0.4, 0.5) is 0 Å². The maximum atomic E-state index is 12.0. The van der Waals surface area contributed by atoms with Gasteiger partial charge in [0.2, 0.25) is 0 Å². The van der Waals surface area contributed by atoms with E-state index in [9.17, 15) is 20.1 Å².